The van der Waals surface area contributed by atoms with Crippen molar-refractivity contribution in [3.8, 4) is 0 Å². The summed E-state index contributed by atoms with van der Waals surface area (Å²) in [5.41, 5.74) is -0.0710. The second-order valence-electron chi connectivity index (χ2n) is 5.25. The van der Waals surface area contributed by atoms with Crippen molar-refractivity contribution in [3.63, 3.8) is 0 Å². The maximum atomic E-state index is 11.2. The highest BCUT2D eigenvalue weighted by molar-refractivity contribution is 5.59. The molecule has 21 heavy (non-hydrogen) atoms. The molecule has 8 heteroatoms. The van der Waals surface area contributed by atoms with Crippen molar-refractivity contribution < 1.29 is 9.66 Å². The van der Waals surface area contributed by atoms with E-state index in [0.29, 0.717) is 24.9 Å². The van der Waals surface area contributed by atoms with E-state index in [4.69, 9.17) is 4.74 Å². The van der Waals surface area contributed by atoms with Gasteiger partial charge in [-0.2, -0.15) is 4.98 Å². The fourth-order valence-electron chi connectivity index (χ4n) is 2.40. The number of rotatable bonds is 5. The number of anilines is 2. The molecule has 0 spiro atoms. The number of hydrogen-bond donors (Lipinski definition) is 1. The van der Waals surface area contributed by atoms with Gasteiger partial charge in [-0.05, 0) is 20.3 Å². The van der Waals surface area contributed by atoms with Crippen LogP contribution in [0.15, 0.2) is 6.20 Å². The Hall–Kier alpha value is -1.96. The van der Waals surface area contributed by atoms with Crippen LogP contribution >= 0.6 is 0 Å². The Labute approximate surface area is 123 Å². The summed E-state index contributed by atoms with van der Waals surface area (Å²) in [6.07, 6.45) is 2.22. The lowest BCUT2D eigenvalue weighted by Crippen LogP contribution is -2.46. The second-order valence-corrected chi connectivity index (χ2v) is 5.25. The van der Waals surface area contributed by atoms with E-state index in [2.05, 4.69) is 15.3 Å². The van der Waals surface area contributed by atoms with Crippen molar-refractivity contribution in [1.82, 2.24) is 9.97 Å². The summed E-state index contributed by atoms with van der Waals surface area (Å²) >= 11 is 0. The molecule has 2 heterocycles. The summed E-state index contributed by atoms with van der Waals surface area (Å²) in [4.78, 5) is 21.0. The van der Waals surface area contributed by atoms with Gasteiger partial charge in [0, 0.05) is 19.6 Å². The largest absolute Gasteiger partial charge is 0.372 e. The molecule has 0 aliphatic carbocycles. The Morgan fingerprint density at radius 3 is 2.71 bits per heavy atom. The lowest BCUT2D eigenvalue weighted by atomic mass is 10.2. The molecule has 1 aromatic heterocycles. The number of nitro groups is 1. The molecule has 0 unspecified atom stereocenters. The minimum Gasteiger partial charge on any atom is -0.372 e. The van der Waals surface area contributed by atoms with Crippen LogP contribution in [0.5, 0.6) is 0 Å². The molecule has 0 saturated carbocycles. The van der Waals surface area contributed by atoms with Crippen LogP contribution in [0.1, 0.15) is 27.2 Å². The molecule has 0 amide bonds. The third-order valence-electron chi connectivity index (χ3n) is 3.20. The first-order valence-electron chi connectivity index (χ1n) is 7.17. The molecule has 0 radical (unpaired) electrons. The van der Waals surface area contributed by atoms with E-state index in [9.17, 15) is 10.1 Å². The van der Waals surface area contributed by atoms with Crippen LogP contribution in [0.3, 0.4) is 0 Å². The van der Waals surface area contributed by atoms with Gasteiger partial charge in [-0.15, -0.1) is 0 Å². The molecule has 0 bridgehead atoms. The first kappa shape index (κ1) is 15.4. The van der Waals surface area contributed by atoms with Gasteiger partial charge in [0.1, 0.15) is 6.20 Å². The zero-order chi connectivity index (χ0) is 15.4. The highest BCUT2D eigenvalue weighted by Crippen LogP contribution is 2.28. The SMILES string of the molecule is CCCNc1ncc([N+](=O)[O-])c(N2C[C@@H](C)O[C@@H](C)C2)n1. The Bertz CT molecular complexity index is 501. The Morgan fingerprint density at radius 2 is 2.14 bits per heavy atom. The number of nitrogens with zero attached hydrogens (tertiary/aromatic N) is 4. The summed E-state index contributed by atoms with van der Waals surface area (Å²) in [7, 11) is 0. The van der Waals surface area contributed by atoms with Crippen LogP contribution in [0.2, 0.25) is 0 Å². The molecular formula is C13H21N5O3. The summed E-state index contributed by atoms with van der Waals surface area (Å²) in [6, 6.07) is 0. The fraction of sp³-hybridized carbons (Fsp3) is 0.692. The second kappa shape index (κ2) is 6.66. The van der Waals surface area contributed by atoms with Crippen LogP contribution < -0.4 is 10.2 Å². The Kier molecular flexibility index (Phi) is 4.89. The van der Waals surface area contributed by atoms with E-state index in [1.165, 1.54) is 6.20 Å². The van der Waals surface area contributed by atoms with Gasteiger partial charge in [-0.1, -0.05) is 6.92 Å². The zero-order valence-corrected chi connectivity index (χ0v) is 12.6. The maximum absolute atomic E-state index is 11.2. The highest BCUT2D eigenvalue weighted by atomic mass is 16.6. The van der Waals surface area contributed by atoms with Crippen LogP contribution in [0, 0.1) is 10.1 Å². The van der Waals surface area contributed by atoms with Gasteiger partial charge in [0.25, 0.3) is 0 Å². The normalized spacial score (nSPS) is 22.1. The topological polar surface area (TPSA) is 93.4 Å². The predicted molar refractivity (Wildman–Crippen MR) is 79.7 cm³/mol. The van der Waals surface area contributed by atoms with Gasteiger partial charge in [0.05, 0.1) is 17.1 Å². The third kappa shape index (κ3) is 3.78. The van der Waals surface area contributed by atoms with Gasteiger partial charge < -0.3 is 15.0 Å². The quantitative estimate of drug-likeness (QED) is 0.654. The van der Waals surface area contributed by atoms with E-state index in [0.717, 1.165) is 13.0 Å². The lowest BCUT2D eigenvalue weighted by molar-refractivity contribution is -0.384. The molecular weight excluding hydrogens is 274 g/mol. The monoisotopic (exact) mass is 295 g/mol. The first-order valence-corrected chi connectivity index (χ1v) is 7.17. The van der Waals surface area contributed by atoms with E-state index in [-0.39, 0.29) is 17.9 Å². The van der Waals surface area contributed by atoms with Gasteiger partial charge in [-0.3, -0.25) is 10.1 Å². The minimum atomic E-state index is -0.441. The molecule has 1 saturated heterocycles. The minimum absolute atomic E-state index is 0.00960. The van der Waals surface area contributed by atoms with Crippen molar-refractivity contribution in [2.24, 2.45) is 0 Å². The molecule has 2 rings (SSSR count). The molecule has 8 nitrogen and oxygen atoms in total. The number of nitrogens with one attached hydrogen (secondary N) is 1. The molecule has 0 aromatic carbocycles. The van der Waals surface area contributed by atoms with Crippen molar-refractivity contribution in [2.75, 3.05) is 29.9 Å². The summed E-state index contributed by atoms with van der Waals surface area (Å²) < 4.78 is 5.66. The van der Waals surface area contributed by atoms with E-state index in [1.807, 2.05) is 25.7 Å². The van der Waals surface area contributed by atoms with Crippen LogP contribution in [-0.4, -0.2) is 46.7 Å². The van der Waals surface area contributed by atoms with E-state index < -0.39 is 4.92 Å². The Balaban J connectivity index is 2.31. The van der Waals surface area contributed by atoms with Gasteiger partial charge in [0.2, 0.25) is 11.8 Å². The molecule has 2 atom stereocenters. The average Bonchev–Trinajstić information content (AvgIpc) is 2.43. The van der Waals surface area contributed by atoms with Crippen molar-refractivity contribution in [2.45, 2.75) is 39.4 Å². The summed E-state index contributed by atoms with van der Waals surface area (Å²) in [6.45, 7) is 7.82. The van der Waals surface area contributed by atoms with E-state index >= 15 is 0 Å². The highest BCUT2D eigenvalue weighted by Gasteiger charge is 2.29. The lowest BCUT2D eigenvalue weighted by Gasteiger charge is -2.35. The Morgan fingerprint density at radius 1 is 1.48 bits per heavy atom. The summed E-state index contributed by atoms with van der Waals surface area (Å²) in [5.74, 6) is 0.778. The van der Waals surface area contributed by atoms with Crippen molar-refractivity contribution in [3.05, 3.63) is 16.3 Å². The predicted octanol–water partition coefficient (Wildman–Crippen LogP) is 1.82. The molecule has 1 N–H and O–H groups in total. The molecule has 1 fully saturated rings. The van der Waals surface area contributed by atoms with E-state index in [1.54, 1.807) is 0 Å². The van der Waals surface area contributed by atoms with Gasteiger partial charge in [0.15, 0.2) is 0 Å². The van der Waals surface area contributed by atoms with Crippen molar-refractivity contribution >= 4 is 17.5 Å². The molecule has 116 valence electrons. The van der Waals surface area contributed by atoms with Gasteiger partial charge in [-0.25, -0.2) is 4.98 Å². The number of aromatic nitrogens is 2. The third-order valence-corrected chi connectivity index (χ3v) is 3.20. The molecule has 1 aliphatic rings. The number of ether oxygens (including phenoxy) is 1. The first-order chi connectivity index (χ1) is 10.0. The van der Waals surface area contributed by atoms with Crippen LogP contribution in [0.4, 0.5) is 17.5 Å². The van der Waals surface area contributed by atoms with Crippen LogP contribution in [0.25, 0.3) is 0 Å². The van der Waals surface area contributed by atoms with Gasteiger partial charge >= 0.3 is 5.69 Å². The molecule has 1 aromatic rings. The number of hydrogen-bond acceptors (Lipinski definition) is 7. The molecule has 1 aliphatic heterocycles. The fourth-order valence-corrected chi connectivity index (χ4v) is 2.40. The van der Waals surface area contributed by atoms with Crippen molar-refractivity contribution in [1.29, 1.82) is 0 Å². The number of morpholine rings is 1. The summed E-state index contributed by atoms with van der Waals surface area (Å²) in [5, 5.41) is 14.3. The smallest absolute Gasteiger partial charge is 0.329 e. The average molecular weight is 295 g/mol. The zero-order valence-electron chi connectivity index (χ0n) is 12.6. The standard InChI is InChI=1S/C13H21N5O3/c1-4-5-14-13-15-6-11(18(19)20)12(16-13)17-7-9(2)21-10(3)8-17/h6,9-10H,4-5,7-8H2,1-3H3,(H,14,15,16)/t9-,10+. The maximum Gasteiger partial charge on any atom is 0.329 e. The van der Waals surface area contributed by atoms with Crippen LogP contribution in [-0.2, 0) is 4.74 Å².